The average Bonchev–Trinajstić information content (AvgIpc) is 2.26. The molecule has 0 bridgehead atoms. The number of amides is 1. The van der Waals surface area contributed by atoms with Crippen LogP contribution in [0.15, 0.2) is 28.7 Å². The van der Waals surface area contributed by atoms with Crippen LogP contribution in [0.25, 0.3) is 0 Å². The van der Waals surface area contributed by atoms with E-state index < -0.39 is 21.5 Å². The van der Waals surface area contributed by atoms with Crippen LogP contribution in [0.2, 0.25) is 0 Å². The van der Waals surface area contributed by atoms with E-state index in [9.17, 15) is 13.2 Å². The summed E-state index contributed by atoms with van der Waals surface area (Å²) < 4.78 is 24.6. The largest absolute Gasteiger partial charge is 0.355 e. The van der Waals surface area contributed by atoms with Crippen molar-refractivity contribution in [3.05, 3.63) is 34.3 Å². The van der Waals surface area contributed by atoms with Gasteiger partial charge in [0, 0.05) is 17.1 Å². The third kappa shape index (κ3) is 9.08. The first kappa shape index (κ1) is 20.4. The van der Waals surface area contributed by atoms with Crippen LogP contribution in [0.5, 0.6) is 0 Å². The number of halogens is 2. The quantitative estimate of drug-likeness (QED) is 0.729. The van der Waals surface area contributed by atoms with Crippen LogP contribution < -0.4 is 11.1 Å². The monoisotopic (exact) mass is 398 g/mol. The van der Waals surface area contributed by atoms with Gasteiger partial charge in [0.2, 0.25) is 5.91 Å². The average molecular weight is 400 g/mol. The zero-order valence-corrected chi connectivity index (χ0v) is 14.9. The molecule has 3 N–H and O–H groups in total. The first-order valence-corrected chi connectivity index (χ1v) is 8.87. The second-order valence-corrected chi connectivity index (χ2v) is 7.76. The lowest BCUT2D eigenvalue weighted by atomic mass is 10.2. The Hall–Kier alpha value is -0.630. The van der Waals surface area contributed by atoms with Gasteiger partial charge in [0.15, 0.2) is 9.84 Å². The van der Waals surface area contributed by atoms with E-state index in [1.54, 1.807) is 18.2 Å². The maximum absolute atomic E-state index is 11.9. The van der Waals surface area contributed by atoms with Gasteiger partial charge in [0.25, 0.3) is 0 Å². The van der Waals surface area contributed by atoms with Crippen molar-refractivity contribution in [2.45, 2.75) is 25.1 Å². The molecule has 0 fully saturated rings. The van der Waals surface area contributed by atoms with Gasteiger partial charge in [-0.2, -0.15) is 0 Å². The SMILES string of the molecule is CC(N)CCNC(=O)CS(=O)(=O)Cc1cccc(Br)c1.Cl. The number of hydrogen-bond acceptors (Lipinski definition) is 4. The number of nitrogens with two attached hydrogens (primary N) is 1. The molecule has 0 aliphatic rings. The van der Waals surface area contributed by atoms with Crippen LogP contribution in [-0.4, -0.2) is 32.7 Å². The van der Waals surface area contributed by atoms with E-state index in [1.807, 2.05) is 13.0 Å². The summed E-state index contributed by atoms with van der Waals surface area (Å²) in [6.07, 6.45) is 0.622. The van der Waals surface area contributed by atoms with E-state index in [1.165, 1.54) is 0 Å². The second kappa shape index (κ2) is 9.40. The zero-order valence-electron chi connectivity index (χ0n) is 11.7. The number of benzene rings is 1. The molecule has 0 radical (unpaired) electrons. The minimum absolute atomic E-state index is 0. The molecule has 21 heavy (non-hydrogen) atoms. The molecule has 120 valence electrons. The smallest absolute Gasteiger partial charge is 0.235 e. The maximum atomic E-state index is 11.9. The van der Waals surface area contributed by atoms with E-state index in [2.05, 4.69) is 21.2 Å². The van der Waals surface area contributed by atoms with Gasteiger partial charge in [-0.25, -0.2) is 8.42 Å². The molecular weight excluding hydrogens is 380 g/mol. The van der Waals surface area contributed by atoms with Crippen molar-refractivity contribution in [1.82, 2.24) is 5.32 Å². The van der Waals surface area contributed by atoms with E-state index in [-0.39, 0.29) is 24.2 Å². The number of carbonyl (C=O) groups is 1. The second-order valence-electron chi connectivity index (χ2n) is 4.78. The van der Waals surface area contributed by atoms with Gasteiger partial charge in [-0.1, -0.05) is 28.1 Å². The number of rotatable bonds is 7. The predicted molar refractivity (Wildman–Crippen MR) is 90.2 cm³/mol. The van der Waals surface area contributed by atoms with Crippen LogP contribution in [-0.2, 0) is 20.4 Å². The molecule has 1 amide bonds. The minimum atomic E-state index is -3.47. The van der Waals surface area contributed by atoms with Crippen molar-refractivity contribution < 1.29 is 13.2 Å². The summed E-state index contributed by atoms with van der Waals surface area (Å²) in [7, 11) is -3.47. The number of hydrogen-bond donors (Lipinski definition) is 2. The van der Waals surface area contributed by atoms with Gasteiger partial charge >= 0.3 is 0 Å². The van der Waals surface area contributed by atoms with Crippen molar-refractivity contribution in [1.29, 1.82) is 0 Å². The highest BCUT2D eigenvalue weighted by Gasteiger charge is 2.17. The molecule has 1 unspecified atom stereocenters. The Morgan fingerprint density at radius 2 is 2.10 bits per heavy atom. The Balaban J connectivity index is 0.00000400. The molecule has 1 atom stereocenters. The van der Waals surface area contributed by atoms with Crippen molar-refractivity contribution in [2.75, 3.05) is 12.3 Å². The summed E-state index contributed by atoms with van der Waals surface area (Å²) in [6.45, 7) is 2.22. The molecule has 0 spiro atoms. The Kier molecular flexibility index (Phi) is 9.12. The van der Waals surface area contributed by atoms with Crippen LogP contribution in [0.4, 0.5) is 0 Å². The maximum Gasteiger partial charge on any atom is 0.235 e. The van der Waals surface area contributed by atoms with Crippen molar-refractivity contribution in [3.8, 4) is 0 Å². The number of sulfone groups is 1. The fourth-order valence-electron chi connectivity index (χ4n) is 1.62. The van der Waals surface area contributed by atoms with Crippen molar-refractivity contribution >= 4 is 44.1 Å². The van der Waals surface area contributed by atoms with E-state index in [0.29, 0.717) is 18.5 Å². The molecular formula is C13H20BrClN2O3S. The Labute approximate surface area is 140 Å². The molecule has 0 saturated heterocycles. The summed E-state index contributed by atoms with van der Waals surface area (Å²) in [5.74, 6) is -1.13. The molecule has 0 heterocycles. The fraction of sp³-hybridized carbons (Fsp3) is 0.462. The Morgan fingerprint density at radius 1 is 1.43 bits per heavy atom. The fourth-order valence-corrected chi connectivity index (χ4v) is 3.36. The first-order valence-electron chi connectivity index (χ1n) is 6.25. The highest BCUT2D eigenvalue weighted by molar-refractivity contribution is 9.10. The molecule has 8 heteroatoms. The van der Waals surface area contributed by atoms with E-state index in [0.717, 1.165) is 4.47 Å². The zero-order chi connectivity index (χ0) is 15.2. The van der Waals surface area contributed by atoms with Gasteiger partial charge in [0.05, 0.1) is 5.75 Å². The summed E-state index contributed by atoms with van der Waals surface area (Å²) >= 11 is 3.28. The van der Waals surface area contributed by atoms with Crippen molar-refractivity contribution in [2.24, 2.45) is 5.73 Å². The number of carbonyl (C=O) groups excluding carboxylic acids is 1. The first-order chi connectivity index (χ1) is 9.28. The van der Waals surface area contributed by atoms with Crippen molar-refractivity contribution in [3.63, 3.8) is 0 Å². The van der Waals surface area contributed by atoms with Crippen LogP contribution >= 0.6 is 28.3 Å². The van der Waals surface area contributed by atoms with E-state index in [4.69, 9.17) is 5.73 Å². The highest BCUT2D eigenvalue weighted by Crippen LogP contribution is 2.14. The Bertz CT molecular complexity index is 564. The lowest BCUT2D eigenvalue weighted by Gasteiger charge is -2.08. The van der Waals surface area contributed by atoms with Gasteiger partial charge < -0.3 is 11.1 Å². The molecule has 0 aliphatic carbocycles. The minimum Gasteiger partial charge on any atom is -0.355 e. The Morgan fingerprint density at radius 3 is 2.67 bits per heavy atom. The summed E-state index contributed by atoms with van der Waals surface area (Å²) in [4.78, 5) is 11.6. The topological polar surface area (TPSA) is 89.3 Å². The van der Waals surface area contributed by atoms with E-state index >= 15 is 0 Å². The third-order valence-electron chi connectivity index (χ3n) is 2.55. The molecule has 5 nitrogen and oxygen atoms in total. The van der Waals surface area contributed by atoms with Gasteiger partial charge in [-0.3, -0.25) is 4.79 Å². The molecule has 1 rings (SSSR count). The summed E-state index contributed by atoms with van der Waals surface area (Å²) in [6, 6.07) is 7.00. The third-order valence-corrected chi connectivity index (χ3v) is 4.52. The normalized spacial score (nSPS) is 12.3. The molecule has 1 aromatic rings. The van der Waals surface area contributed by atoms with Crippen LogP contribution in [0.3, 0.4) is 0 Å². The summed E-state index contributed by atoms with van der Waals surface area (Å²) in [5.41, 5.74) is 6.20. The lowest BCUT2D eigenvalue weighted by molar-refractivity contribution is -0.118. The highest BCUT2D eigenvalue weighted by atomic mass is 79.9. The molecule has 0 aromatic heterocycles. The van der Waals surface area contributed by atoms with Gasteiger partial charge in [0.1, 0.15) is 5.75 Å². The van der Waals surface area contributed by atoms with Crippen LogP contribution in [0, 0.1) is 0 Å². The molecule has 0 saturated carbocycles. The predicted octanol–water partition coefficient (Wildman–Crippen LogP) is 1.64. The lowest BCUT2D eigenvalue weighted by Crippen LogP contribution is -2.33. The standard InChI is InChI=1S/C13H19BrN2O3S.ClH/c1-10(15)5-6-16-13(17)9-20(18,19)8-11-3-2-4-12(14)7-11;/h2-4,7,10H,5-6,8-9,15H2,1H3,(H,16,17);1H. The van der Waals surface area contributed by atoms with Crippen LogP contribution in [0.1, 0.15) is 18.9 Å². The molecule has 0 aliphatic heterocycles. The van der Waals surface area contributed by atoms with Gasteiger partial charge in [-0.05, 0) is 31.0 Å². The summed E-state index contributed by atoms with van der Waals surface area (Å²) in [5, 5.41) is 2.56. The van der Waals surface area contributed by atoms with Gasteiger partial charge in [-0.15, -0.1) is 12.4 Å². The number of nitrogens with one attached hydrogen (secondary N) is 1. The molecule has 1 aromatic carbocycles.